The minimum Gasteiger partial charge on any atom is -0.364 e. The van der Waals surface area contributed by atoms with Gasteiger partial charge < -0.3 is 21.7 Å². The molecule has 166 valence electrons. The number of piperidine rings is 1. The first-order valence-electron chi connectivity index (χ1n) is 10.1. The third-order valence-electron chi connectivity index (χ3n) is 5.17. The van der Waals surface area contributed by atoms with Gasteiger partial charge in [0.15, 0.2) is 5.69 Å². The van der Waals surface area contributed by atoms with Crippen LogP contribution in [-0.4, -0.2) is 40.7 Å². The molecular formula is C22H22Cl2N6O2. The van der Waals surface area contributed by atoms with E-state index in [1.54, 1.807) is 48.7 Å². The summed E-state index contributed by atoms with van der Waals surface area (Å²) < 4.78 is 1.41. The zero-order valence-corrected chi connectivity index (χ0v) is 18.6. The molecule has 3 aromatic rings. The van der Waals surface area contributed by atoms with E-state index in [1.165, 1.54) is 4.68 Å². The highest BCUT2D eigenvalue weighted by molar-refractivity contribution is 6.37. The maximum atomic E-state index is 12.5. The van der Waals surface area contributed by atoms with Gasteiger partial charge in [-0.1, -0.05) is 29.3 Å². The molecule has 0 aliphatic carbocycles. The molecule has 1 saturated heterocycles. The molecule has 2 amide bonds. The van der Waals surface area contributed by atoms with Crippen LogP contribution in [0.5, 0.6) is 0 Å². The molecule has 0 spiro atoms. The van der Waals surface area contributed by atoms with Gasteiger partial charge in [0, 0.05) is 23.8 Å². The SMILES string of the molecule is NC(=O)c1nn(-c2c(Cl)cccc2Cl)cc1Nc1ccc(C(=O)NC2CCCNC2)cc1. The Bertz CT molecular complexity index is 1120. The third kappa shape index (κ3) is 4.88. The predicted molar refractivity (Wildman–Crippen MR) is 125 cm³/mol. The van der Waals surface area contributed by atoms with E-state index in [0.29, 0.717) is 32.7 Å². The molecule has 32 heavy (non-hydrogen) atoms. The number of aromatic nitrogens is 2. The van der Waals surface area contributed by atoms with Gasteiger partial charge in [-0.2, -0.15) is 5.10 Å². The number of carbonyl (C=O) groups is 2. The van der Waals surface area contributed by atoms with Crippen LogP contribution in [0.4, 0.5) is 11.4 Å². The fourth-order valence-corrected chi connectivity index (χ4v) is 4.14. The average Bonchev–Trinajstić information content (AvgIpc) is 3.18. The van der Waals surface area contributed by atoms with Crippen molar-refractivity contribution < 1.29 is 9.59 Å². The Hall–Kier alpha value is -3.07. The molecule has 1 aliphatic rings. The van der Waals surface area contributed by atoms with Crippen molar-refractivity contribution in [3.05, 3.63) is 70.0 Å². The number of anilines is 2. The van der Waals surface area contributed by atoms with E-state index >= 15 is 0 Å². The van der Waals surface area contributed by atoms with Crippen LogP contribution in [0, 0.1) is 0 Å². The van der Waals surface area contributed by atoms with Gasteiger partial charge in [0.05, 0.1) is 21.9 Å². The Labute approximate surface area is 195 Å². The van der Waals surface area contributed by atoms with Crippen molar-refractivity contribution in [1.29, 1.82) is 0 Å². The summed E-state index contributed by atoms with van der Waals surface area (Å²) in [4.78, 5) is 24.4. The molecule has 1 unspecified atom stereocenters. The molecule has 8 nitrogen and oxygen atoms in total. The predicted octanol–water partition coefficient (Wildman–Crippen LogP) is 3.50. The molecule has 4 rings (SSSR count). The first-order chi connectivity index (χ1) is 15.4. The number of carbonyl (C=O) groups excluding carboxylic acids is 2. The zero-order valence-electron chi connectivity index (χ0n) is 17.1. The molecule has 0 radical (unpaired) electrons. The van der Waals surface area contributed by atoms with Crippen LogP contribution in [-0.2, 0) is 0 Å². The monoisotopic (exact) mass is 472 g/mol. The lowest BCUT2D eigenvalue weighted by Gasteiger charge is -2.23. The van der Waals surface area contributed by atoms with Gasteiger partial charge in [-0.25, -0.2) is 4.68 Å². The normalized spacial score (nSPS) is 15.9. The van der Waals surface area contributed by atoms with Gasteiger partial charge in [0.1, 0.15) is 5.69 Å². The Kier molecular flexibility index (Phi) is 6.64. The van der Waals surface area contributed by atoms with Crippen LogP contribution in [0.25, 0.3) is 5.69 Å². The van der Waals surface area contributed by atoms with E-state index in [1.807, 2.05) is 0 Å². The smallest absolute Gasteiger partial charge is 0.271 e. The van der Waals surface area contributed by atoms with Gasteiger partial charge in [-0.3, -0.25) is 9.59 Å². The maximum absolute atomic E-state index is 12.5. The summed E-state index contributed by atoms with van der Waals surface area (Å²) in [6, 6.07) is 12.1. The lowest BCUT2D eigenvalue weighted by Crippen LogP contribution is -2.45. The summed E-state index contributed by atoms with van der Waals surface area (Å²) in [5, 5.41) is 14.4. The first kappa shape index (κ1) is 22.1. The van der Waals surface area contributed by atoms with Crippen molar-refractivity contribution in [2.45, 2.75) is 18.9 Å². The number of nitrogens with zero attached hydrogens (tertiary/aromatic N) is 2. The third-order valence-corrected chi connectivity index (χ3v) is 5.78. The second-order valence-corrected chi connectivity index (χ2v) is 8.30. The standard InChI is InChI=1S/C22H22Cl2N6O2/c23-16-4-1-5-17(24)20(16)30-12-18(19(29-30)21(25)31)27-14-8-6-13(7-9-14)22(32)28-15-3-2-10-26-11-15/h1,4-9,12,15,26-27H,2-3,10-11H2,(H2,25,31)(H,28,32). The fourth-order valence-electron chi connectivity index (χ4n) is 3.57. The molecule has 1 aliphatic heterocycles. The highest BCUT2D eigenvalue weighted by Crippen LogP contribution is 2.30. The van der Waals surface area contributed by atoms with Crippen molar-refractivity contribution in [2.75, 3.05) is 18.4 Å². The number of primary amides is 1. The summed E-state index contributed by atoms with van der Waals surface area (Å²) >= 11 is 12.5. The van der Waals surface area contributed by atoms with Gasteiger partial charge in [-0.05, 0) is 55.8 Å². The van der Waals surface area contributed by atoms with E-state index in [9.17, 15) is 9.59 Å². The lowest BCUT2D eigenvalue weighted by molar-refractivity contribution is 0.0929. The molecule has 0 bridgehead atoms. The summed E-state index contributed by atoms with van der Waals surface area (Å²) in [6.45, 7) is 1.76. The van der Waals surface area contributed by atoms with Crippen molar-refractivity contribution >= 4 is 46.4 Å². The van der Waals surface area contributed by atoms with Crippen LogP contribution in [0.2, 0.25) is 10.0 Å². The van der Waals surface area contributed by atoms with E-state index in [0.717, 1.165) is 25.9 Å². The second kappa shape index (κ2) is 9.60. The van der Waals surface area contributed by atoms with Gasteiger partial charge in [-0.15, -0.1) is 0 Å². The van der Waals surface area contributed by atoms with Crippen molar-refractivity contribution in [3.8, 4) is 5.69 Å². The molecule has 2 aromatic carbocycles. The molecule has 0 saturated carbocycles. The summed E-state index contributed by atoms with van der Waals surface area (Å²) in [7, 11) is 0. The molecular weight excluding hydrogens is 451 g/mol. The molecule has 2 heterocycles. The number of nitrogens with one attached hydrogen (secondary N) is 3. The topological polar surface area (TPSA) is 114 Å². The molecule has 5 N–H and O–H groups in total. The van der Waals surface area contributed by atoms with Gasteiger partial charge in [0.25, 0.3) is 11.8 Å². The summed E-state index contributed by atoms with van der Waals surface area (Å²) in [5.41, 5.74) is 7.58. The number of hydrogen-bond acceptors (Lipinski definition) is 5. The minimum atomic E-state index is -0.702. The first-order valence-corrected chi connectivity index (χ1v) is 10.9. The van der Waals surface area contributed by atoms with Crippen LogP contribution < -0.4 is 21.7 Å². The Balaban J connectivity index is 1.53. The number of benzene rings is 2. The van der Waals surface area contributed by atoms with Crippen molar-refractivity contribution in [2.24, 2.45) is 5.73 Å². The minimum absolute atomic E-state index is 0.0348. The highest BCUT2D eigenvalue weighted by atomic mass is 35.5. The van der Waals surface area contributed by atoms with Crippen LogP contribution in [0.1, 0.15) is 33.7 Å². The maximum Gasteiger partial charge on any atom is 0.271 e. The second-order valence-electron chi connectivity index (χ2n) is 7.49. The van der Waals surface area contributed by atoms with Gasteiger partial charge >= 0.3 is 0 Å². The van der Waals surface area contributed by atoms with Crippen molar-refractivity contribution in [1.82, 2.24) is 20.4 Å². The Morgan fingerprint density at radius 3 is 2.47 bits per heavy atom. The van der Waals surface area contributed by atoms with E-state index in [-0.39, 0.29) is 17.6 Å². The lowest BCUT2D eigenvalue weighted by atomic mass is 10.1. The Morgan fingerprint density at radius 1 is 1.12 bits per heavy atom. The number of para-hydroxylation sites is 1. The van der Waals surface area contributed by atoms with E-state index < -0.39 is 5.91 Å². The number of hydrogen-bond donors (Lipinski definition) is 4. The number of nitrogens with two attached hydrogens (primary N) is 1. The Morgan fingerprint density at radius 2 is 1.84 bits per heavy atom. The van der Waals surface area contributed by atoms with Crippen LogP contribution in [0.15, 0.2) is 48.7 Å². The quantitative estimate of drug-likeness (QED) is 0.438. The number of halogens is 2. The van der Waals surface area contributed by atoms with Crippen LogP contribution in [0.3, 0.4) is 0 Å². The molecule has 1 fully saturated rings. The summed E-state index contributed by atoms with van der Waals surface area (Å²) in [6.07, 6.45) is 3.60. The van der Waals surface area contributed by atoms with E-state index in [4.69, 9.17) is 28.9 Å². The largest absolute Gasteiger partial charge is 0.364 e. The highest BCUT2D eigenvalue weighted by Gasteiger charge is 2.19. The zero-order chi connectivity index (χ0) is 22.7. The molecule has 10 heteroatoms. The molecule has 1 atom stereocenters. The molecule has 1 aromatic heterocycles. The van der Waals surface area contributed by atoms with E-state index in [2.05, 4.69) is 21.0 Å². The number of amides is 2. The fraction of sp³-hybridized carbons (Fsp3) is 0.227. The number of rotatable bonds is 6. The van der Waals surface area contributed by atoms with Crippen LogP contribution >= 0.6 is 23.2 Å². The average molecular weight is 473 g/mol. The summed E-state index contributed by atoms with van der Waals surface area (Å²) in [5.74, 6) is -0.823. The van der Waals surface area contributed by atoms with Crippen molar-refractivity contribution in [3.63, 3.8) is 0 Å². The van der Waals surface area contributed by atoms with Gasteiger partial charge in [0.2, 0.25) is 0 Å².